The normalized spacial score (nSPS) is 19.7. The monoisotopic (exact) mass is 669 g/mol. The fourth-order valence-corrected chi connectivity index (χ4v) is 4.87. The predicted molar refractivity (Wildman–Crippen MR) is 163 cm³/mol. The number of aromatic amines is 1. The Morgan fingerprint density at radius 2 is 1.44 bits per heavy atom. The molecule has 0 saturated carbocycles. The molecular formula is C32H35N3O13. The number of carbonyl (C=O) groups excluding carboxylic acids is 4. The summed E-state index contributed by atoms with van der Waals surface area (Å²) in [7, 11) is 0. The van der Waals surface area contributed by atoms with Crippen molar-refractivity contribution in [2.45, 2.75) is 70.9 Å². The Balaban J connectivity index is 1.70. The van der Waals surface area contributed by atoms with Crippen LogP contribution in [0.4, 0.5) is 9.59 Å². The molecule has 3 aromatic rings. The molecule has 1 aromatic heterocycles. The van der Waals surface area contributed by atoms with Crippen LogP contribution in [0.2, 0.25) is 0 Å². The summed E-state index contributed by atoms with van der Waals surface area (Å²) in [6.07, 6.45) is -10.5. The van der Waals surface area contributed by atoms with E-state index in [1.54, 1.807) is 67.6 Å². The van der Waals surface area contributed by atoms with Gasteiger partial charge in [-0.3, -0.25) is 29.3 Å². The van der Waals surface area contributed by atoms with Crippen LogP contribution in [0.25, 0.3) is 0 Å². The molecule has 2 heterocycles. The molecular weight excluding hydrogens is 634 g/mol. The zero-order valence-corrected chi connectivity index (χ0v) is 26.3. The van der Waals surface area contributed by atoms with E-state index in [9.17, 15) is 28.8 Å². The fourth-order valence-electron chi connectivity index (χ4n) is 4.87. The molecule has 48 heavy (non-hydrogen) atoms. The number of esters is 2. The van der Waals surface area contributed by atoms with Crippen LogP contribution in [0, 0.1) is 0 Å². The summed E-state index contributed by atoms with van der Waals surface area (Å²) in [6.45, 7) is 3.40. The van der Waals surface area contributed by atoms with E-state index in [1.807, 2.05) is 0 Å². The van der Waals surface area contributed by atoms with E-state index < -0.39 is 72.3 Å². The second-order valence-corrected chi connectivity index (χ2v) is 10.3. The van der Waals surface area contributed by atoms with Gasteiger partial charge in [0.25, 0.3) is 5.56 Å². The Hall–Kier alpha value is -5.48. The Kier molecular flexibility index (Phi) is 12.5. The van der Waals surface area contributed by atoms with Crippen molar-refractivity contribution in [2.24, 2.45) is 0 Å². The summed E-state index contributed by atoms with van der Waals surface area (Å²) in [5, 5.41) is 2.49. The highest BCUT2D eigenvalue weighted by atomic mass is 16.7. The number of hydrogen-bond donors (Lipinski definition) is 2. The van der Waals surface area contributed by atoms with Gasteiger partial charge in [-0.05, 0) is 18.1 Å². The fraction of sp³-hybridized carbons (Fsp3) is 0.375. The van der Waals surface area contributed by atoms with E-state index in [4.69, 9.17) is 33.2 Å². The van der Waals surface area contributed by atoms with Gasteiger partial charge in [-0.15, -0.1) is 0 Å². The van der Waals surface area contributed by atoms with Crippen LogP contribution in [-0.2, 0) is 56.0 Å². The van der Waals surface area contributed by atoms with Gasteiger partial charge >= 0.3 is 29.9 Å². The van der Waals surface area contributed by atoms with Crippen molar-refractivity contribution in [1.82, 2.24) is 14.9 Å². The quantitative estimate of drug-likeness (QED) is 0.153. The molecule has 16 heteroatoms. The summed E-state index contributed by atoms with van der Waals surface area (Å²) < 4.78 is 40.1. The number of ether oxygens (including phenoxy) is 7. The first-order valence-electron chi connectivity index (χ1n) is 14.8. The summed E-state index contributed by atoms with van der Waals surface area (Å²) >= 11 is 0. The van der Waals surface area contributed by atoms with Gasteiger partial charge in [-0.1, -0.05) is 60.7 Å². The molecule has 16 nitrogen and oxygen atoms in total. The predicted octanol–water partition coefficient (Wildman–Crippen LogP) is 2.31. The van der Waals surface area contributed by atoms with E-state index in [0.29, 0.717) is 11.1 Å². The third-order valence-corrected chi connectivity index (χ3v) is 6.83. The molecule has 1 saturated heterocycles. The molecule has 2 N–H and O–H groups in total. The van der Waals surface area contributed by atoms with E-state index in [0.717, 1.165) is 30.7 Å². The summed E-state index contributed by atoms with van der Waals surface area (Å²) in [4.78, 5) is 77.4. The van der Waals surface area contributed by atoms with Crippen LogP contribution in [0.3, 0.4) is 0 Å². The van der Waals surface area contributed by atoms with Gasteiger partial charge in [-0.25, -0.2) is 14.4 Å². The van der Waals surface area contributed by atoms with E-state index >= 15 is 0 Å². The van der Waals surface area contributed by atoms with Gasteiger partial charge in [0, 0.05) is 32.7 Å². The van der Waals surface area contributed by atoms with Crippen molar-refractivity contribution in [1.29, 1.82) is 0 Å². The van der Waals surface area contributed by atoms with Crippen LogP contribution < -0.4 is 16.6 Å². The van der Waals surface area contributed by atoms with Gasteiger partial charge in [0.2, 0.25) is 0 Å². The number of nitrogens with one attached hydrogen (secondary N) is 2. The van der Waals surface area contributed by atoms with Crippen molar-refractivity contribution in [2.75, 3.05) is 6.61 Å². The third kappa shape index (κ3) is 9.76. The molecule has 1 fully saturated rings. The van der Waals surface area contributed by atoms with Crippen LogP contribution in [0.1, 0.15) is 38.1 Å². The summed E-state index contributed by atoms with van der Waals surface area (Å²) in [5.74, 6) is -1.69. The Bertz CT molecular complexity index is 1660. The van der Waals surface area contributed by atoms with Gasteiger partial charge in [0.1, 0.15) is 19.3 Å². The number of carbonyl (C=O) groups is 4. The molecule has 1 amide bonds. The lowest BCUT2D eigenvalue weighted by atomic mass is 10.0. The molecule has 4 rings (SSSR count). The maximum atomic E-state index is 13.1. The molecule has 1 aliphatic rings. The van der Waals surface area contributed by atoms with E-state index in [-0.39, 0.29) is 19.8 Å². The maximum Gasteiger partial charge on any atom is 0.509 e. The van der Waals surface area contributed by atoms with Crippen molar-refractivity contribution < 1.29 is 52.3 Å². The van der Waals surface area contributed by atoms with Gasteiger partial charge in [-0.2, -0.15) is 0 Å². The van der Waals surface area contributed by atoms with Gasteiger partial charge < -0.3 is 33.2 Å². The first-order chi connectivity index (χ1) is 23.0. The van der Waals surface area contributed by atoms with Crippen LogP contribution in [-0.4, -0.2) is 71.0 Å². The molecule has 256 valence electrons. The number of alkyl carbamates (subject to hydrolysis) is 1. The lowest BCUT2D eigenvalue weighted by molar-refractivity contribution is -0.172. The average Bonchev–Trinajstić information content (AvgIpc) is 3.38. The minimum atomic E-state index is -1.68. The summed E-state index contributed by atoms with van der Waals surface area (Å²) in [5.41, 5.74) is -0.346. The van der Waals surface area contributed by atoms with Gasteiger partial charge in [0.15, 0.2) is 30.8 Å². The molecule has 1 aliphatic heterocycles. The number of benzene rings is 2. The standard InChI is InChI=1S/C32H35N3O13/c1-4-42-28(34-31(40)43-17-21-11-7-5-8-12-21)26(48-32(41)44-18-22-13-9-6-10-14-22)24-25(45-19(2)36)27(46-20(3)37)29(47-24)35-16-15-23(38)33-30(35)39/h5-16,24-29H,4,17-18H2,1-3H3,(H,34,40)(H,33,38,39). The topological polar surface area (TPSA) is 200 Å². The van der Waals surface area contributed by atoms with Crippen molar-refractivity contribution in [3.8, 4) is 0 Å². The Labute approximate surface area is 273 Å². The minimum absolute atomic E-state index is 0.0380. The minimum Gasteiger partial charge on any atom is -0.455 e. The molecule has 6 atom stereocenters. The SMILES string of the molecule is CCOC(NC(=O)OCc1ccccc1)C(OC(=O)OCc1ccccc1)C1OC(n2ccc(=O)[nH]c2=O)C(OC(C)=O)C1OC(C)=O. The third-order valence-electron chi connectivity index (χ3n) is 6.83. The molecule has 6 unspecified atom stereocenters. The van der Waals surface area contributed by atoms with Crippen molar-refractivity contribution >= 4 is 24.2 Å². The average molecular weight is 670 g/mol. The van der Waals surface area contributed by atoms with Crippen LogP contribution in [0.5, 0.6) is 0 Å². The summed E-state index contributed by atoms with van der Waals surface area (Å²) in [6, 6.07) is 18.5. The zero-order chi connectivity index (χ0) is 34.6. The highest BCUT2D eigenvalue weighted by molar-refractivity contribution is 5.68. The van der Waals surface area contributed by atoms with E-state index in [2.05, 4.69) is 10.3 Å². The van der Waals surface area contributed by atoms with Crippen molar-refractivity contribution in [3.63, 3.8) is 0 Å². The number of aromatic nitrogens is 2. The first-order valence-corrected chi connectivity index (χ1v) is 14.8. The van der Waals surface area contributed by atoms with Crippen molar-refractivity contribution in [3.05, 3.63) is 105 Å². The zero-order valence-electron chi connectivity index (χ0n) is 26.3. The van der Waals surface area contributed by atoms with Crippen LogP contribution in [0.15, 0.2) is 82.5 Å². The highest BCUT2D eigenvalue weighted by Gasteiger charge is 2.56. The lowest BCUT2D eigenvalue weighted by Crippen LogP contribution is -2.56. The molecule has 0 bridgehead atoms. The Morgan fingerprint density at radius 3 is 2.00 bits per heavy atom. The van der Waals surface area contributed by atoms with Gasteiger partial charge in [0.05, 0.1) is 0 Å². The number of amides is 1. The van der Waals surface area contributed by atoms with Crippen LogP contribution >= 0.6 is 0 Å². The number of nitrogens with zero attached hydrogens (tertiary/aromatic N) is 1. The molecule has 0 spiro atoms. The number of H-pyrrole nitrogens is 1. The smallest absolute Gasteiger partial charge is 0.455 e. The molecule has 0 radical (unpaired) electrons. The highest BCUT2D eigenvalue weighted by Crippen LogP contribution is 2.37. The maximum absolute atomic E-state index is 13.1. The number of rotatable bonds is 13. The largest absolute Gasteiger partial charge is 0.509 e. The second-order valence-electron chi connectivity index (χ2n) is 10.3. The van der Waals surface area contributed by atoms with E-state index in [1.165, 1.54) is 0 Å². The Morgan fingerprint density at radius 1 is 0.854 bits per heavy atom. The molecule has 2 aromatic carbocycles. The molecule has 0 aliphatic carbocycles. The number of hydrogen-bond acceptors (Lipinski definition) is 13. The first kappa shape index (κ1) is 35.4. The second kappa shape index (κ2) is 16.9. The lowest BCUT2D eigenvalue weighted by Gasteiger charge is -2.32.